The molecule has 456 valence electrons. The predicted molar refractivity (Wildman–Crippen MR) is 332 cm³/mol. The molecule has 0 aromatic heterocycles. The van der Waals surface area contributed by atoms with E-state index in [-0.39, 0.29) is 38.2 Å². The van der Waals surface area contributed by atoms with Crippen molar-refractivity contribution in [1.29, 1.82) is 0 Å². The van der Waals surface area contributed by atoms with Gasteiger partial charge in [-0.3, -0.25) is 9.59 Å². The first kappa shape index (κ1) is 75.2. The maximum Gasteiger partial charge on any atom is 0.361 e. The molecule has 0 saturated heterocycles. The second-order valence-corrected chi connectivity index (χ2v) is 23.8. The quantitative estimate of drug-likeness (QED) is 0.0211. The fraction of sp³-hybridized carbons (Fsp3) is 0.841. The molecule has 78 heavy (non-hydrogen) atoms. The minimum atomic E-state index is -1.51. The van der Waals surface area contributed by atoms with Crippen molar-refractivity contribution in [3.05, 3.63) is 48.6 Å². The van der Waals surface area contributed by atoms with E-state index >= 15 is 0 Å². The molecule has 0 aromatic rings. The molecule has 0 spiro atoms. The standard InChI is InChI=1S/C69H127NO8/c1-6-8-10-12-14-16-18-20-21-22-23-24-25-26-27-28-29-30-31-32-33-34-35-36-37-38-39-40-41-42-43-44-45-46-47-48-50-52-54-56-58-60-67(72)78-65(64-77-69(68(73)74)75-62-61-70(3,4)5)63-76-66(71)59-57-55-53-51-49-19-17-15-13-11-9-7-2/h8,10,14,16,20-21,23-24,65,69H,6-7,9,11-13,15,17-19,22,25-64H2,1-5H3/p+1/b10-8-,16-14-,21-20-,24-23-. The summed E-state index contributed by atoms with van der Waals surface area (Å²) < 4.78 is 22.9. The maximum atomic E-state index is 12.9. The summed E-state index contributed by atoms with van der Waals surface area (Å²) in [7, 11) is 5.98. The van der Waals surface area contributed by atoms with Gasteiger partial charge in [-0.05, 0) is 51.4 Å². The van der Waals surface area contributed by atoms with Crippen LogP contribution in [-0.2, 0) is 33.3 Å². The predicted octanol–water partition coefficient (Wildman–Crippen LogP) is 20.2. The average molecular weight is 1100 g/mol. The van der Waals surface area contributed by atoms with Crippen LogP contribution in [0.15, 0.2) is 48.6 Å². The van der Waals surface area contributed by atoms with Crippen molar-refractivity contribution >= 4 is 17.9 Å². The van der Waals surface area contributed by atoms with E-state index in [4.69, 9.17) is 18.9 Å². The van der Waals surface area contributed by atoms with Gasteiger partial charge in [0.05, 0.1) is 34.4 Å². The van der Waals surface area contributed by atoms with E-state index in [1.165, 1.54) is 225 Å². The maximum absolute atomic E-state index is 12.9. The summed E-state index contributed by atoms with van der Waals surface area (Å²) in [6.07, 6.45) is 73.9. The first-order chi connectivity index (χ1) is 38.1. The highest BCUT2D eigenvalue weighted by Crippen LogP contribution is 2.18. The topological polar surface area (TPSA) is 108 Å². The summed E-state index contributed by atoms with van der Waals surface area (Å²) in [6, 6.07) is 0. The number of allylic oxidation sites excluding steroid dienone is 8. The zero-order valence-electron chi connectivity index (χ0n) is 52.1. The zero-order valence-corrected chi connectivity index (χ0v) is 52.1. The van der Waals surface area contributed by atoms with Crippen LogP contribution in [0.2, 0.25) is 0 Å². The van der Waals surface area contributed by atoms with Crippen molar-refractivity contribution in [2.75, 3.05) is 47.5 Å². The third-order valence-electron chi connectivity index (χ3n) is 14.8. The SMILES string of the molecule is CC/C=C\C/C=C\C/C=C\C/C=C\CCCCCCCCCCCCCCCCCCCCCCCCCCCCCCC(=O)OC(COC(=O)CCCCCCCCCCCCCC)COC(OCC[N+](C)(C)C)C(=O)O. The van der Waals surface area contributed by atoms with Gasteiger partial charge in [-0.25, -0.2) is 4.79 Å². The van der Waals surface area contributed by atoms with Crippen molar-refractivity contribution in [3.63, 3.8) is 0 Å². The van der Waals surface area contributed by atoms with Gasteiger partial charge >= 0.3 is 17.9 Å². The molecule has 1 N–H and O–H groups in total. The number of esters is 2. The van der Waals surface area contributed by atoms with E-state index in [1.807, 2.05) is 21.1 Å². The van der Waals surface area contributed by atoms with Crippen molar-refractivity contribution in [1.82, 2.24) is 0 Å². The van der Waals surface area contributed by atoms with Crippen LogP contribution in [0.5, 0.6) is 0 Å². The number of rotatable bonds is 62. The van der Waals surface area contributed by atoms with E-state index in [2.05, 4.69) is 62.5 Å². The molecule has 0 radical (unpaired) electrons. The summed E-state index contributed by atoms with van der Waals surface area (Å²) >= 11 is 0. The first-order valence-corrected chi connectivity index (χ1v) is 33.3. The molecule has 0 aliphatic heterocycles. The van der Waals surface area contributed by atoms with Gasteiger partial charge < -0.3 is 28.5 Å². The average Bonchev–Trinajstić information content (AvgIpc) is 3.41. The Morgan fingerprint density at radius 3 is 1.09 bits per heavy atom. The number of quaternary nitrogens is 1. The highest BCUT2D eigenvalue weighted by atomic mass is 16.7. The van der Waals surface area contributed by atoms with Crippen molar-refractivity contribution in [2.24, 2.45) is 0 Å². The molecule has 0 aliphatic carbocycles. The number of aliphatic carboxylic acids is 1. The van der Waals surface area contributed by atoms with Gasteiger partial charge in [0.25, 0.3) is 6.29 Å². The second-order valence-electron chi connectivity index (χ2n) is 23.8. The number of ether oxygens (including phenoxy) is 4. The molecule has 2 atom stereocenters. The Kier molecular flexibility index (Phi) is 58.2. The van der Waals surface area contributed by atoms with Gasteiger partial charge in [0.15, 0.2) is 6.10 Å². The van der Waals surface area contributed by atoms with Crippen LogP contribution in [0.1, 0.15) is 316 Å². The third kappa shape index (κ3) is 60.9. The van der Waals surface area contributed by atoms with E-state index in [1.54, 1.807) is 0 Å². The van der Waals surface area contributed by atoms with E-state index in [9.17, 15) is 19.5 Å². The number of carboxylic acids is 1. The van der Waals surface area contributed by atoms with Crippen LogP contribution in [0.3, 0.4) is 0 Å². The lowest BCUT2D eigenvalue weighted by Gasteiger charge is -2.25. The highest BCUT2D eigenvalue weighted by Gasteiger charge is 2.25. The molecular weight excluding hydrogens is 971 g/mol. The molecule has 0 aromatic carbocycles. The first-order valence-electron chi connectivity index (χ1n) is 33.3. The minimum absolute atomic E-state index is 0.175. The molecule has 9 nitrogen and oxygen atoms in total. The number of carbonyl (C=O) groups excluding carboxylic acids is 2. The van der Waals surface area contributed by atoms with Crippen LogP contribution in [-0.4, -0.2) is 87.4 Å². The van der Waals surface area contributed by atoms with E-state index in [0.29, 0.717) is 17.4 Å². The second kappa shape index (κ2) is 60.3. The smallest absolute Gasteiger partial charge is 0.361 e. The molecular formula is C69H128NO8+. The van der Waals surface area contributed by atoms with Gasteiger partial charge in [-0.1, -0.05) is 300 Å². The fourth-order valence-electron chi connectivity index (χ4n) is 9.77. The molecule has 2 unspecified atom stereocenters. The fourth-order valence-corrected chi connectivity index (χ4v) is 9.77. The Morgan fingerprint density at radius 1 is 0.397 bits per heavy atom. The third-order valence-corrected chi connectivity index (χ3v) is 14.8. The Labute approximate surface area is 482 Å². The Balaban J connectivity index is 3.87. The van der Waals surface area contributed by atoms with Crippen LogP contribution in [0, 0.1) is 0 Å². The summed E-state index contributed by atoms with van der Waals surface area (Å²) in [5.74, 6) is -1.98. The summed E-state index contributed by atoms with van der Waals surface area (Å²) in [5, 5.41) is 9.70. The Hall–Kier alpha value is -2.75. The number of hydrogen-bond donors (Lipinski definition) is 1. The van der Waals surface area contributed by atoms with Crippen LogP contribution in [0.25, 0.3) is 0 Å². The number of unbranched alkanes of at least 4 members (excludes halogenated alkanes) is 39. The molecule has 0 bridgehead atoms. The number of nitrogens with zero attached hydrogens (tertiary/aromatic N) is 1. The monoisotopic (exact) mass is 1100 g/mol. The largest absolute Gasteiger partial charge is 0.477 e. The lowest BCUT2D eigenvalue weighted by atomic mass is 10.0. The number of carboxylic acid groups (broad SMARTS) is 1. The Morgan fingerprint density at radius 2 is 0.731 bits per heavy atom. The normalized spacial score (nSPS) is 13.0. The molecule has 0 heterocycles. The summed E-state index contributed by atoms with van der Waals surface area (Å²) in [6.45, 7) is 4.80. The highest BCUT2D eigenvalue weighted by molar-refractivity contribution is 5.71. The van der Waals surface area contributed by atoms with Gasteiger partial charge in [-0.15, -0.1) is 0 Å². The van der Waals surface area contributed by atoms with Crippen molar-refractivity contribution in [2.45, 2.75) is 328 Å². The lowest BCUT2D eigenvalue weighted by Crippen LogP contribution is -2.40. The summed E-state index contributed by atoms with van der Waals surface area (Å²) in [5.41, 5.74) is 0. The summed E-state index contributed by atoms with van der Waals surface area (Å²) in [4.78, 5) is 37.4. The Bertz CT molecular complexity index is 1420. The van der Waals surface area contributed by atoms with Crippen LogP contribution < -0.4 is 0 Å². The van der Waals surface area contributed by atoms with Crippen LogP contribution in [0.4, 0.5) is 0 Å². The zero-order chi connectivity index (χ0) is 56.9. The minimum Gasteiger partial charge on any atom is -0.477 e. The molecule has 0 aliphatic rings. The van der Waals surface area contributed by atoms with Gasteiger partial charge in [0, 0.05) is 12.8 Å². The van der Waals surface area contributed by atoms with Gasteiger partial charge in [-0.2, -0.15) is 0 Å². The number of hydrogen-bond acceptors (Lipinski definition) is 7. The van der Waals surface area contributed by atoms with Gasteiger partial charge in [0.1, 0.15) is 13.2 Å². The number of likely N-dealkylation sites (N-methyl/N-ethyl adjacent to an activating group) is 1. The van der Waals surface area contributed by atoms with Crippen LogP contribution >= 0.6 is 0 Å². The van der Waals surface area contributed by atoms with E-state index in [0.717, 1.165) is 64.2 Å². The van der Waals surface area contributed by atoms with Gasteiger partial charge in [0.2, 0.25) is 0 Å². The molecule has 0 fully saturated rings. The van der Waals surface area contributed by atoms with Crippen molar-refractivity contribution < 1.29 is 42.9 Å². The van der Waals surface area contributed by atoms with E-state index < -0.39 is 18.4 Å². The molecule has 0 amide bonds. The lowest BCUT2D eigenvalue weighted by molar-refractivity contribution is -0.870. The molecule has 0 rings (SSSR count). The number of carbonyl (C=O) groups is 3. The molecule has 9 heteroatoms. The molecule has 0 saturated carbocycles. The van der Waals surface area contributed by atoms with Crippen molar-refractivity contribution in [3.8, 4) is 0 Å².